The van der Waals surface area contributed by atoms with E-state index in [9.17, 15) is 5.11 Å². The van der Waals surface area contributed by atoms with Crippen molar-refractivity contribution in [3.8, 4) is 5.88 Å². The molecule has 1 atom stereocenters. The van der Waals surface area contributed by atoms with E-state index in [1.54, 1.807) is 31.8 Å². The van der Waals surface area contributed by atoms with Crippen molar-refractivity contribution in [3.63, 3.8) is 0 Å². The third-order valence-electron chi connectivity index (χ3n) is 2.53. The van der Waals surface area contributed by atoms with Gasteiger partial charge in [0.25, 0.3) is 0 Å². The fourth-order valence-corrected chi connectivity index (χ4v) is 1.68. The highest BCUT2D eigenvalue weighted by atomic mass is 16.5. The molecule has 0 fully saturated rings. The molecule has 0 aliphatic rings. The zero-order valence-corrected chi connectivity index (χ0v) is 9.58. The van der Waals surface area contributed by atoms with Crippen molar-refractivity contribution in [2.45, 2.75) is 12.5 Å². The Morgan fingerprint density at radius 3 is 2.71 bits per heavy atom. The number of aliphatic hydroxyl groups is 1. The van der Waals surface area contributed by atoms with Crippen molar-refractivity contribution in [2.24, 2.45) is 0 Å². The summed E-state index contributed by atoms with van der Waals surface area (Å²) in [5, 5.41) is 10.1. The van der Waals surface area contributed by atoms with E-state index in [0.717, 1.165) is 5.56 Å². The molecule has 0 amide bonds. The molecule has 17 heavy (non-hydrogen) atoms. The van der Waals surface area contributed by atoms with Crippen LogP contribution in [0.1, 0.15) is 17.2 Å². The molecule has 1 N–H and O–H groups in total. The van der Waals surface area contributed by atoms with Crippen molar-refractivity contribution in [1.82, 2.24) is 9.97 Å². The number of hydrogen-bond donors (Lipinski definition) is 1. The summed E-state index contributed by atoms with van der Waals surface area (Å²) in [7, 11) is 1.55. The van der Waals surface area contributed by atoms with E-state index in [1.807, 2.05) is 18.2 Å². The van der Waals surface area contributed by atoms with Crippen LogP contribution >= 0.6 is 0 Å². The second-order valence-corrected chi connectivity index (χ2v) is 3.68. The standard InChI is InChI=1S/C13H14N2O2/c1-17-13-11(3-2-6-15-13)12(16)9-10-4-7-14-8-5-10/h2-8,12,16H,9H2,1H3. The molecular formula is C13H14N2O2. The summed E-state index contributed by atoms with van der Waals surface area (Å²) in [6, 6.07) is 7.36. The number of ether oxygens (including phenoxy) is 1. The molecule has 2 rings (SSSR count). The Hall–Kier alpha value is -1.94. The Balaban J connectivity index is 2.17. The van der Waals surface area contributed by atoms with Gasteiger partial charge in [0.05, 0.1) is 13.2 Å². The number of aromatic nitrogens is 2. The summed E-state index contributed by atoms with van der Waals surface area (Å²) in [6.45, 7) is 0. The van der Waals surface area contributed by atoms with Crippen LogP contribution in [0.2, 0.25) is 0 Å². The Labute approximate surface area is 99.9 Å². The van der Waals surface area contributed by atoms with Gasteiger partial charge in [-0.05, 0) is 29.8 Å². The molecule has 0 radical (unpaired) electrons. The Bertz CT molecular complexity index is 474. The predicted octanol–water partition coefficient (Wildman–Crippen LogP) is 1.76. The van der Waals surface area contributed by atoms with E-state index < -0.39 is 6.10 Å². The Morgan fingerprint density at radius 2 is 2.00 bits per heavy atom. The minimum absolute atomic E-state index is 0.467. The van der Waals surface area contributed by atoms with Gasteiger partial charge in [0.1, 0.15) is 0 Å². The van der Waals surface area contributed by atoms with E-state index in [2.05, 4.69) is 9.97 Å². The van der Waals surface area contributed by atoms with Gasteiger partial charge in [-0.3, -0.25) is 4.98 Å². The molecule has 0 aliphatic carbocycles. The van der Waals surface area contributed by atoms with Gasteiger partial charge in [-0.25, -0.2) is 4.98 Å². The molecular weight excluding hydrogens is 216 g/mol. The largest absolute Gasteiger partial charge is 0.481 e. The highest BCUT2D eigenvalue weighted by Gasteiger charge is 2.14. The highest BCUT2D eigenvalue weighted by molar-refractivity contribution is 5.29. The summed E-state index contributed by atoms with van der Waals surface area (Å²) in [5.41, 5.74) is 1.73. The molecule has 0 aliphatic heterocycles. The average molecular weight is 230 g/mol. The third-order valence-corrected chi connectivity index (χ3v) is 2.53. The molecule has 0 saturated heterocycles. The van der Waals surface area contributed by atoms with Gasteiger partial charge in [-0.1, -0.05) is 0 Å². The summed E-state index contributed by atoms with van der Waals surface area (Å²) in [5.74, 6) is 0.467. The predicted molar refractivity (Wildman–Crippen MR) is 63.7 cm³/mol. The van der Waals surface area contributed by atoms with Crippen LogP contribution in [0.5, 0.6) is 5.88 Å². The van der Waals surface area contributed by atoms with Crippen molar-refractivity contribution in [3.05, 3.63) is 54.0 Å². The first kappa shape index (κ1) is 11.5. The van der Waals surface area contributed by atoms with E-state index >= 15 is 0 Å². The van der Waals surface area contributed by atoms with Crippen LogP contribution in [0.4, 0.5) is 0 Å². The van der Waals surface area contributed by atoms with Crippen molar-refractivity contribution >= 4 is 0 Å². The second-order valence-electron chi connectivity index (χ2n) is 3.68. The molecule has 2 heterocycles. The Morgan fingerprint density at radius 1 is 1.24 bits per heavy atom. The topological polar surface area (TPSA) is 55.2 Å². The summed E-state index contributed by atoms with van der Waals surface area (Å²) < 4.78 is 5.12. The lowest BCUT2D eigenvalue weighted by Crippen LogP contribution is -2.05. The molecule has 0 spiro atoms. The first-order valence-corrected chi connectivity index (χ1v) is 5.37. The molecule has 1 unspecified atom stereocenters. The van der Waals surface area contributed by atoms with Gasteiger partial charge in [-0.15, -0.1) is 0 Å². The quantitative estimate of drug-likeness (QED) is 0.869. The van der Waals surface area contributed by atoms with Crippen molar-refractivity contribution in [2.75, 3.05) is 7.11 Å². The minimum Gasteiger partial charge on any atom is -0.481 e. The van der Waals surface area contributed by atoms with E-state index in [4.69, 9.17) is 4.74 Å². The smallest absolute Gasteiger partial charge is 0.218 e. The molecule has 0 bridgehead atoms. The highest BCUT2D eigenvalue weighted by Crippen LogP contribution is 2.24. The fraction of sp³-hybridized carbons (Fsp3) is 0.231. The van der Waals surface area contributed by atoms with Crippen LogP contribution in [0.15, 0.2) is 42.9 Å². The van der Waals surface area contributed by atoms with Gasteiger partial charge in [-0.2, -0.15) is 0 Å². The van der Waals surface area contributed by atoms with Crippen LogP contribution in [0.3, 0.4) is 0 Å². The SMILES string of the molecule is COc1ncccc1C(O)Cc1ccncc1. The Kier molecular flexibility index (Phi) is 3.67. The van der Waals surface area contributed by atoms with Crippen LogP contribution in [-0.2, 0) is 6.42 Å². The monoisotopic (exact) mass is 230 g/mol. The maximum Gasteiger partial charge on any atom is 0.218 e. The first-order chi connectivity index (χ1) is 8.31. The van der Waals surface area contributed by atoms with Crippen LogP contribution in [0, 0.1) is 0 Å². The second kappa shape index (κ2) is 5.41. The van der Waals surface area contributed by atoms with Crippen LogP contribution in [-0.4, -0.2) is 22.2 Å². The zero-order valence-electron chi connectivity index (χ0n) is 9.58. The number of aliphatic hydroxyl groups excluding tert-OH is 1. The average Bonchev–Trinajstić information content (AvgIpc) is 2.40. The number of hydrogen-bond acceptors (Lipinski definition) is 4. The summed E-state index contributed by atoms with van der Waals surface area (Å²) >= 11 is 0. The van der Waals surface area contributed by atoms with Crippen molar-refractivity contribution in [1.29, 1.82) is 0 Å². The summed E-state index contributed by atoms with van der Waals surface area (Å²) in [4.78, 5) is 8.01. The number of methoxy groups -OCH3 is 1. The van der Waals surface area contributed by atoms with Gasteiger partial charge >= 0.3 is 0 Å². The van der Waals surface area contributed by atoms with Crippen molar-refractivity contribution < 1.29 is 9.84 Å². The lowest BCUT2D eigenvalue weighted by molar-refractivity contribution is 0.173. The van der Waals surface area contributed by atoms with Gasteiger partial charge in [0, 0.05) is 30.6 Å². The maximum absolute atomic E-state index is 10.1. The van der Waals surface area contributed by atoms with E-state index in [0.29, 0.717) is 17.9 Å². The maximum atomic E-state index is 10.1. The molecule has 0 saturated carbocycles. The zero-order chi connectivity index (χ0) is 12.1. The van der Waals surface area contributed by atoms with Gasteiger partial charge in [0.15, 0.2) is 0 Å². The van der Waals surface area contributed by atoms with Gasteiger partial charge in [0.2, 0.25) is 5.88 Å². The van der Waals surface area contributed by atoms with Gasteiger partial charge < -0.3 is 9.84 Å². The normalized spacial score (nSPS) is 12.1. The number of rotatable bonds is 4. The molecule has 4 heteroatoms. The lowest BCUT2D eigenvalue weighted by atomic mass is 10.0. The summed E-state index contributed by atoms with van der Waals surface area (Å²) in [6.07, 6.45) is 4.96. The molecule has 0 aromatic carbocycles. The molecule has 88 valence electrons. The van der Waals surface area contributed by atoms with E-state index in [-0.39, 0.29) is 0 Å². The molecule has 2 aromatic rings. The molecule has 4 nitrogen and oxygen atoms in total. The number of pyridine rings is 2. The van der Waals surface area contributed by atoms with Crippen LogP contribution in [0.25, 0.3) is 0 Å². The third kappa shape index (κ3) is 2.79. The number of nitrogens with zero attached hydrogens (tertiary/aromatic N) is 2. The molecule has 2 aromatic heterocycles. The van der Waals surface area contributed by atoms with E-state index in [1.165, 1.54) is 0 Å². The lowest BCUT2D eigenvalue weighted by Gasteiger charge is -2.13. The first-order valence-electron chi connectivity index (χ1n) is 5.37. The minimum atomic E-state index is -0.624. The fourth-order valence-electron chi connectivity index (χ4n) is 1.68. The van der Waals surface area contributed by atoms with Crippen LogP contribution < -0.4 is 4.74 Å².